The number of aromatic nitrogens is 8. The first-order valence-electron chi connectivity index (χ1n) is 28.9. The summed E-state index contributed by atoms with van der Waals surface area (Å²) < 4.78 is 329. The molecule has 4 heterocycles. The van der Waals surface area contributed by atoms with Crippen LogP contribution in [0.25, 0.3) is 45.8 Å². The summed E-state index contributed by atoms with van der Waals surface area (Å²) in [6.07, 6.45) is -4.64. The Kier molecular flexibility index (Phi) is 20.3. The first kappa shape index (κ1) is 83.5. The minimum atomic E-state index is -10.0. The zero-order valence-corrected chi connectivity index (χ0v) is 58.1. The number of carbonyl (C=O) groups excluding carboxylic acids is 4. The van der Waals surface area contributed by atoms with E-state index in [1.54, 1.807) is 42.5 Å². The molecule has 0 fully saturated rings. The molecule has 0 radical (unpaired) electrons. The minimum Gasteiger partial charge on any atom is -0.403 e. The number of benzene rings is 8. The van der Waals surface area contributed by atoms with Crippen molar-refractivity contribution in [2.45, 2.75) is 25.8 Å². The predicted molar refractivity (Wildman–Crippen MR) is 357 cm³/mol. The number of hydrogen-bond acceptors (Lipinski definition) is 16. The summed E-state index contributed by atoms with van der Waals surface area (Å²) >= 11 is 11.6. The first-order valence-corrected chi connectivity index (χ1v) is 37.5. The number of hydrogen-bond donors (Lipinski definition) is 4. The standard InChI is InChI=1S/C16H9F8N3O2S.2C15H9ClF5N3O2S.C15H9F6N3O2S/c17-16(18,19)11-5-1-4-10(7-11)14-26-27-15(29-14)25-13(28)9-3-2-6-12(8-9)30(20,21,22,23)24;16-11-5-1-4-10(7-11)14-23-24-15(26-14)22-13(25)9-3-2-6-12(8-9)27(17,18,19,20)21;2*16-11-6-4-9(5-7-11)14-23-24-15(26-14)22-13(25)10-2-1-3-12(8-10)27(17,18,19,20)21/h1-8H,(H,25,27,28);3*1-8H,(H,22,24,25). The van der Waals surface area contributed by atoms with Crippen molar-refractivity contribution in [1.82, 2.24) is 40.8 Å². The second-order valence-electron chi connectivity index (χ2n) is 22.1. The van der Waals surface area contributed by atoms with Gasteiger partial charge in [0.15, 0.2) is 0 Å². The number of nitrogens with zero attached hydrogens (tertiary/aromatic N) is 8. The highest BCUT2D eigenvalue weighted by molar-refractivity contribution is 8.46. The van der Waals surface area contributed by atoms with E-state index in [2.05, 4.69) is 51.4 Å². The highest BCUT2D eigenvalue weighted by Crippen LogP contribution is 3.04. The zero-order valence-electron chi connectivity index (χ0n) is 53.3. The third-order valence-corrected chi connectivity index (χ3v) is 18.5. The van der Waals surface area contributed by atoms with Gasteiger partial charge in [0, 0.05) is 54.6 Å². The number of anilines is 4. The van der Waals surface area contributed by atoms with E-state index in [1.165, 1.54) is 24.3 Å². The van der Waals surface area contributed by atoms with E-state index < -0.39 is 154 Å². The Balaban J connectivity index is 0.000000170. The van der Waals surface area contributed by atoms with Crippen LogP contribution in [0.4, 0.5) is 119 Å². The van der Waals surface area contributed by atoms with Gasteiger partial charge in [0.25, 0.3) is 23.6 Å². The minimum absolute atomic E-state index is 0.00596. The van der Waals surface area contributed by atoms with E-state index in [1.807, 2.05) is 10.6 Å². The average molecular weight is 1720 g/mol. The van der Waals surface area contributed by atoms with Crippen LogP contribution >= 0.6 is 64.1 Å². The third kappa shape index (κ3) is 23.3. The van der Waals surface area contributed by atoms with Crippen LogP contribution in [0.2, 0.25) is 10.0 Å². The van der Waals surface area contributed by atoms with Crippen molar-refractivity contribution in [2.75, 3.05) is 21.3 Å². The number of amides is 4. The molecule has 0 aliphatic carbocycles. The molecule has 0 saturated carbocycles. The van der Waals surface area contributed by atoms with Crippen molar-refractivity contribution < 1.29 is 132 Å². The summed E-state index contributed by atoms with van der Waals surface area (Å²) in [6.45, 7) is 0. The SMILES string of the molecule is O=C(Nc1nnc(-c2ccc(Cl)cc2)o1)c1cccc(S(F)(F)(F)(F)F)c1.O=C(Nc1nnc(-c2ccc(F)cc2)o1)c1cccc(S(F)(F)(F)(F)F)c1.O=C(Nc1nnc(-c2cccc(C(F)(F)F)c2)o1)c1cccc(S(F)(F)(F)(F)F)c1.O=C(Nc1nnc(-c2cccc(Cl)c2)o1)c1cccc(S(F)(F)(F)(F)F)c1. The van der Waals surface area contributed by atoms with E-state index in [-0.39, 0.29) is 71.8 Å². The van der Waals surface area contributed by atoms with Gasteiger partial charge in [0.1, 0.15) is 25.4 Å². The summed E-state index contributed by atoms with van der Waals surface area (Å²) in [5.41, 5.74) is -2.64. The van der Waals surface area contributed by atoms with Crippen molar-refractivity contribution in [1.29, 1.82) is 0 Å². The predicted octanol–water partition coefficient (Wildman–Crippen LogP) is 25.0. The molecule has 594 valence electrons. The summed E-state index contributed by atoms with van der Waals surface area (Å²) in [6, 6.07) is 26.5. The van der Waals surface area contributed by atoms with Crippen molar-refractivity contribution in [2.24, 2.45) is 0 Å². The molecule has 0 atom stereocenters. The van der Waals surface area contributed by atoms with E-state index in [0.29, 0.717) is 57.1 Å². The molecule has 4 N–H and O–H groups in total. The third-order valence-electron chi connectivity index (χ3n) is 13.4. The molecule has 4 aromatic heterocycles. The number of alkyl halides is 3. The highest BCUT2D eigenvalue weighted by atomic mass is 35.5. The summed E-state index contributed by atoms with van der Waals surface area (Å²) in [5.74, 6) is -5.69. The van der Waals surface area contributed by atoms with E-state index in [4.69, 9.17) is 40.9 Å². The lowest BCUT2D eigenvalue weighted by Gasteiger charge is -2.40. The van der Waals surface area contributed by atoms with Gasteiger partial charge in [-0.05, 0) is 158 Å². The van der Waals surface area contributed by atoms with Gasteiger partial charge in [0.2, 0.25) is 23.6 Å². The van der Waals surface area contributed by atoms with Gasteiger partial charge in [-0.2, -0.15) is 13.2 Å². The van der Waals surface area contributed by atoms with Gasteiger partial charge in [0.05, 0.1) is 5.56 Å². The molecule has 20 nitrogen and oxygen atoms in total. The van der Waals surface area contributed by atoms with Crippen molar-refractivity contribution in [3.05, 3.63) is 238 Å². The van der Waals surface area contributed by atoms with Gasteiger partial charge in [-0.3, -0.25) is 40.4 Å². The molecule has 12 rings (SSSR count). The van der Waals surface area contributed by atoms with Crippen molar-refractivity contribution in [3.8, 4) is 45.8 Å². The molecular formula is C61H36Cl2F24N12O8S4. The lowest BCUT2D eigenvalue weighted by atomic mass is 10.1. The number of rotatable bonds is 16. The lowest BCUT2D eigenvalue weighted by molar-refractivity contribution is -0.137. The Morgan fingerprint density at radius 3 is 0.838 bits per heavy atom. The van der Waals surface area contributed by atoms with E-state index in [0.717, 1.165) is 48.5 Å². The molecule has 0 saturated heterocycles. The normalized spacial score (nSPS) is 14.4. The molecule has 8 aromatic carbocycles. The van der Waals surface area contributed by atoms with Gasteiger partial charge < -0.3 is 17.7 Å². The topological polar surface area (TPSA) is 272 Å². The second kappa shape index (κ2) is 26.9. The van der Waals surface area contributed by atoms with Crippen LogP contribution in [0.1, 0.15) is 47.0 Å². The molecule has 0 unspecified atom stereocenters. The molecule has 0 bridgehead atoms. The number of nitrogens with one attached hydrogen (secondary N) is 4. The van der Waals surface area contributed by atoms with Crippen molar-refractivity contribution >= 4 is 112 Å². The summed E-state index contributed by atoms with van der Waals surface area (Å²) in [5, 5.41) is 37.2. The maximum atomic E-state index is 12.9. The van der Waals surface area contributed by atoms with Crippen LogP contribution in [0.3, 0.4) is 0 Å². The molecule has 12 aromatic rings. The second-order valence-corrected chi connectivity index (χ2v) is 32.6. The van der Waals surface area contributed by atoms with Gasteiger partial charge in [-0.15, -0.1) is 20.4 Å². The fourth-order valence-corrected chi connectivity index (χ4v) is 11.4. The van der Waals surface area contributed by atoms with Crippen molar-refractivity contribution in [3.63, 3.8) is 0 Å². The Morgan fingerprint density at radius 2 is 0.559 bits per heavy atom. The Hall–Kier alpha value is -11.5. The maximum absolute atomic E-state index is 12.9. The molecule has 0 spiro atoms. The van der Waals surface area contributed by atoms with E-state index >= 15 is 0 Å². The van der Waals surface area contributed by atoms with Gasteiger partial charge >= 0.3 is 71.1 Å². The Bertz CT molecular complexity index is 5420. The number of halogens is 26. The van der Waals surface area contributed by atoms with Crippen LogP contribution < -0.4 is 21.3 Å². The fourth-order valence-electron chi connectivity index (χ4n) is 8.38. The first-order chi connectivity index (χ1) is 50.5. The number of carbonyl (C=O) groups is 4. The van der Waals surface area contributed by atoms with E-state index in [9.17, 15) is 114 Å². The molecule has 4 amide bonds. The lowest BCUT2D eigenvalue weighted by Crippen LogP contribution is -2.14. The van der Waals surface area contributed by atoms with Gasteiger partial charge in [-0.25, -0.2) is 4.39 Å². The molecule has 111 heavy (non-hydrogen) atoms. The molecule has 0 aliphatic rings. The monoisotopic (exact) mass is 1720 g/mol. The summed E-state index contributed by atoms with van der Waals surface area (Å²) in [7, 11) is -39.7. The summed E-state index contributed by atoms with van der Waals surface area (Å²) in [4.78, 5) is 39.3. The highest BCUT2D eigenvalue weighted by Gasteiger charge is 2.68. The molecular weight excluding hydrogens is 1680 g/mol. The molecule has 0 aliphatic heterocycles. The quantitative estimate of drug-likeness (QED) is 0.0655. The largest absolute Gasteiger partial charge is 0.416 e. The smallest absolute Gasteiger partial charge is 0.403 e. The molecule has 50 heteroatoms. The van der Waals surface area contributed by atoms with Crippen LogP contribution in [0.15, 0.2) is 231 Å². The maximum Gasteiger partial charge on any atom is 0.416 e. The fraction of sp³-hybridized carbons (Fsp3) is 0.0164. The van der Waals surface area contributed by atoms with Crippen LogP contribution in [-0.2, 0) is 6.18 Å². The average Bonchev–Trinajstić information content (AvgIpc) is 1.47. The zero-order chi connectivity index (χ0) is 82.2. The van der Waals surface area contributed by atoms with Gasteiger partial charge in [-0.1, -0.05) is 158 Å². The van der Waals surface area contributed by atoms with Crippen LogP contribution in [0, 0.1) is 5.82 Å². The Morgan fingerprint density at radius 1 is 0.297 bits per heavy atom. The van der Waals surface area contributed by atoms with Crippen LogP contribution in [-0.4, -0.2) is 64.4 Å². The Labute approximate surface area is 612 Å². The van der Waals surface area contributed by atoms with Crippen LogP contribution in [0.5, 0.6) is 0 Å².